The quantitative estimate of drug-likeness (QED) is 0.845. The van der Waals surface area contributed by atoms with Gasteiger partial charge in [-0.15, -0.1) is 0 Å². The molecule has 1 amide bonds. The molecule has 0 unspecified atom stereocenters. The van der Waals surface area contributed by atoms with Gasteiger partial charge in [-0.25, -0.2) is 0 Å². The van der Waals surface area contributed by atoms with E-state index in [9.17, 15) is 4.79 Å². The zero-order chi connectivity index (χ0) is 15.1. The Morgan fingerprint density at radius 2 is 1.95 bits per heavy atom. The van der Waals surface area contributed by atoms with Crippen LogP contribution in [0.3, 0.4) is 0 Å². The third-order valence-corrected chi connectivity index (χ3v) is 4.09. The van der Waals surface area contributed by atoms with E-state index in [1.807, 2.05) is 30.3 Å². The molecule has 1 aromatic rings. The van der Waals surface area contributed by atoms with Crippen LogP contribution in [0.15, 0.2) is 30.3 Å². The van der Waals surface area contributed by atoms with Crippen LogP contribution < -0.4 is 10.6 Å². The second-order valence-corrected chi connectivity index (χ2v) is 6.13. The molecule has 2 rings (SSSR count). The Bertz CT molecular complexity index is 427. The predicted octanol–water partition coefficient (Wildman–Crippen LogP) is 2.34. The number of carbonyl (C=O) groups is 1. The Balaban J connectivity index is 1.85. The van der Waals surface area contributed by atoms with Gasteiger partial charge in [-0.1, -0.05) is 18.2 Å². The number of rotatable bonds is 6. The summed E-state index contributed by atoms with van der Waals surface area (Å²) in [5.41, 5.74) is 0.869. The van der Waals surface area contributed by atoms with E-state index >= 15 is 0 Å². The number of amides is 1. The molecule has 0 bridgehead atoms. The molecular weight excluding hydrogens is 262 g/mol. The van der Waals surface area contributed by atoms with Gasteiger partial charge in [0.15, 0.2) is 0 Å². The van der Waals surface area contributed by atoms with Gasteiger partial charge in [0.05, 0.1) is 6.54 Å². The molecule has 0 saturated carbocycles. The third kappa shape index (κ3) is 5.48. The van der Waals surface area contributed by atoms with E-state index in [4.69, 9.17) is 0 Å². The zero-order valence-corrected chi connectivity index (χ0v) is 13.1. The molecule has 2 N–H and O–H groups in total. The van der Waals surface area contributed by atoms with Gasteiger partial charge in [-0.05, 0) is 57.8 Å². The van der Waals surface area contributed by atoms with Crippen LogP contribution in [0.5, 0.6) is 0 Å². The molecule has 1 aliphatic rings. The fraction of sp³-hybridized carbons (Fsp3) is 0.588. The Morgan fingerprint density at radius 3 is 2.57 bits per heavy atom. The average molecular weight is 289 g/mol. The topological polar surface area (TPSA) is 44.4 Å². The number of nitrogens with zero attached hydrogens (tertiary/aromatic N) is 1. The van der Waals surface area contributed by atoms with E-state index in [0.717, 1.165) is 25.3 Å². The summed E-state index contributed by atoms with van der Waals surface area (Å²) in [6.07, 6.45) is 2.42. The molecule has 21 heavy (non-hydrogen) atoms. The van der Waals surface area contributed by atoms with Crippen molar-refractivity contribution in [2.45, 2.75) is 32.7 Å². The molecule has 116 valence electrons. The summed E-state index contributed by atoms with van der Waals surface area (Å²) in [6, 6.07) is 10.1. The number of hydrogen-bond acceptors (Lipinski definition) is 3. The van der Waals surface area contributed by atoms with E-state index in [0.29, 0.717) is 18.5 Å². The summed E-state index contributed by atoms with van der Waals surface area (Å²) >= 11 is 0. The molecule has 1 aromatic carbocycles. The summed E-state index contributed by atoms with van der Waals surface area (Å²) in [6.45, 7) is 8.02. The average Bonchev–Trinajstić information content (AvgIpc) is 2.48. The third-order valence-electron chi connectivity index (χ3n) is 4.09. The van der Waals surface area contributed by atoms with Crippen molar-refractivity contribution in [2.24, 2.45) is 5.92 Å². The van der Waals surface area contributed by atoms with Crippen LogP contribution >= 0.6 is 0 Å². The number of benzene rings is 1. The molecule has 0 spiro atoms. The summed E-state index contributed by atoms with van der Waals surface area (Å²) in [4.78, 5) is 14.5. The van der Waals surface area contributed by atoms with Crippen molar-refractivity contribution >= 4 is 11.6 Å². The van der Waals surface area contributed by atoms with Crippen LogP contribution in [0.25, 0.3) is 0 Å². The maximum Gasteiger partial charge on any atom is 0.238 e. The zero-order valence-electron chi connectivity index (χ0n) is 13.1. The summed E-state index contributed by atoms with van der Waals surface area (Å²) < 4.78 is 0. The van der Waals surface area contributed by atoms with Crippen molar-refractivity contribution in [2.75, 3.05) is 31.5 Å². The number of anilines is 1. The van der Waals surface area contributed by atoms with Crippen molar-refractivity contribution < 1.29 is 4.79 Å². The van der Waals surface area contributed by atoms with E-state index in [2.05, 4.69) is 29.4 Å². The summed E-state index contributed by atoms with van der Waals surface area (Å²) in [7, 11) is 0. The maximum absolute atomic E-state index is 12.2. The molecule has 1 saturated heterocycles. The first-order valence-electron chi connectivity index (χ1n) is 7.95. The van der Waals surface area contributed by atoms with Crippen LogP contribution in [-0.2, 0) is 4.79 Å². The van der Waals surface area contributed by atoms with Gasteiger partial charge in [-0.2, -0.15) is 0 Å². The Morgan fingerprint density at radius 1 is 1.29 bits per heavy atom. The number of piperidine rings is 1. The van der Waals surface area contributed by atoms with Crippen LogP contribution in [-0.4, -0.2) is 43.0 Å². The van der Waals surface area contributed by atoms with Crippen molar-refractivity contribution in [1.82, 2.24) is 10.2 Å². The van der Waals surface area contributed by atoms with Crippen LogP contribution in [0.4, 0.5) is 5.69 Å². The van der Waals surface area contributed by atoms with Crippen molar-refractivity contribution in [3.63, 3.8) is 0 Å². The minimum Gasteiger partial charge on any atom is -0.325 e. The maximum atomic E-state index is 12.2. The van der Waals surface area contributed by atoms with E-state index in [1.165, 1.54) is 12.8 Å². The van der Waals surface area contributed by atoms with E-state index in [-0.39, 0.29) is 5.91 Å². The normalized spacial score (nSPS) is 16.4. The highest BCUT2D eigenvalue weighted by molar-refractivity contribution is 5.92. The molecule has 4 nitrogen and oxygen atoms in total. The first-order valence-corrected chi connectivity index (χ1v) is 7.95. The lowest BCUT2D eigenvalue weighted by Crippen LogP contribution is -2.43. The highest BCUT2D eigenvalue weighted by atomic mass is 16.2. The first-order chi connectivity index (χ1) is 10.1. The van der Waals surface area contributed by atoms with Gasteiger partial charge in [0, 0.05) is 18.3 Å². The molecular formula is C17H27N3O. The lowest BCUT2D eigenvalue weighted by molar-refractivity contribution is -0.117. The fourth-order valence-electron chi connectivity index (χ4n) is 2.76. The van der Waals surface area contributed by atoms with Crippen molar-refractivity contribution in [1.29, 1.82) is 0 Å². The fourth-order valence-corrected chi connectivity index (χ4v) is 2.76. The molecule has 1 aliphatic heterocycles. The van der Waals surface area contributed by atoms with Gasteiger partial charge in [0.25, 0.3) is 0 Å². The molecule has 0 aromatic heterocycles. The predicted molar refractivity (Wildman–Crippen MR) is 87.4 cm³/mol. The van der Waals surface area contributed by atoms with Gasteiger partial charge >= 0.3 is 0 Å². The lowest BCUT2D eigenvalue weighted by atomic mass is 9.97. The first kappa shape index (κ1) is 16.0. The van der Waals surface area contributed by atoms with E-state index < -0.39 is 0 Å². The number of para-hydroxylation sites is 1. The molecule has 1 fully saturated rings. The Labute approximate surface area is 127 Å². The monoisotopic (exact) mass is 289 g/mol. The van der Waals surface area contributed by atoms with Crippen LogP contribution in [0.2, 0.25) is 0 Å². The number of carbonyl (C=O) groups excluding carboxylic acids is 1. The molecule has 0 atom stereocenters. The van der Waals surface area contributed by atoms with Crippen molar-refractivity contribution in [3.05, 3.63) is 30.3 Å². The molecule has 0 radical (unpaired) electrons. The smallest absolute Gasteiger partial charge is 0.238 e. The molecule has 0 aliphatic carbocycles. The van der Waals surface area contributed by atoms with Crippen LogP contribution in [0, 0.1) is 5.92 Å². The highest BCUT2D eigenvalue weighted by Gasteiger charge is 2.20. The molecule has 4 heteroatoms. The second kappa shape index (κ2) is 8.15. The number of nitrogens with one attached hydrogen (secondary N) is 2. The second-order valence-electron chi connectivity index (χ2n) is 6.13. The largest absolute Gasteiger partial charge is 0.325 e. The summed E-state index contributed by atoms with van der Waals surface area (Å²) in [5.74, 6) is 0.780. The van der Waals surface area contributed by atoms with Crippen LogP contribution in [0.1, 0.15) is 26.7 Å². The van der Waals surface area contributed by atoms with Gasteiger partial charge in [0.1, 0.15) is 0 Å². The standard InChI is InChI=1S/C17H27N3O/c1-14(2)20(12-15-8-10-18-11-9-15)13-17(21)19-16-6-4-3-5-7-16/h3-7,14-15,18H,8-13H2,1-2H3,(H,19,21). The van der Waals surface area contributed by atoms with Gasteiger partial charge < -0.3 is 10.6 Å². The van der Waals surface area contributed by atoms with Gasteiger partial charge in [0.2, 0.25) is 5.91 Å². The Kier molecular flexibility index (Phi) is 6.21. The SMILES string of the molecule is CC(C)N(CC(=O)Nc1ccccc1)CC1CCNCC1. The lowest BCUT2D eigenvalue weighted by Gasteiger charge is -2.32. The highest BCUT2D eigenvalue weighted by Crippen LogP contribution is 2.15. The minimum absolute atomic E-state index is 0.0730. The minimum atomic E-state index is 0.0730. The van der Waals surface area contributed by atoms with Crippen molar-refractivity contribution in [3.8, 4) is 0 Å². The molecule has 1 heterocycles. The number of hydrogen-bond donors (Lipinski definition) is 2. The van der Waals surface area contributed by atoms with Gasteiger partial charge in [-0.3, -0.25) is 9.69 Å². The Hall–Kier alpha value is -1.39. The summed E-state index contributed by atoms with van der Waals surface area (Å²) in [5, 5.41) is 6.36. The van der Waals surface area contributed by atoms with E-state index in [1.54, 1.807) is 0 Å².